The molecule has 1 aromatic heterocycles. The maximum absolute atomic E-state index is 13.5. The lowest BCUT2D eigenvalue weighted by Crippen LogP contribution is -2.43. The number of β-amino-alcohol motifs (C(OH)–C–C–N with tert-alkyl or cyclic N) is 1. The molecule has 7 nitrogen and oxygen atoms in total. The van der Waals surface area contributed by atoms with E-state index in [1.807, 2.05) is 22.9 Å². The summed E-state index contributed by atoms with van der Waals surface area (Å²) in [7, 11) is 1.67. The first kappa shape index (κ1) is 23.5. The van der Waals surface area contributed by atoms with Crippen LogP contribution in [-0.4, -0.2) is 70.0 Å². The summed E-state index contributed by atoms with van der Waals surface area (Å²) in [4.78, 5) is 17.6. The number of ether oxygens (including phenoxy) is 1. The van der Waals surface area contributed by atoms with Crippen molar-refractivity contribution < 1.29 is 14.6 Å². The molecule has 3 heterocycles. The Hall–Kier alpha value is -2.64. The van der Waals surface area contributed by atoms with E-state index >= 15 is 0 Å². The van der Waals surface area contributed by atoms with Crippen molar-refractivity contribution in [3.8, 4) is 5.75 Å². The molecule has 1 amide bonds. The van der Waals surface area contributed by atoms with Crippen LogP contribution in [0.4, 0.5) is 0 Å². The molecular formula is C26H36N4O3. The first-order valence-electron chi connectivity index (χ1n) is 12.0. The number of hydrogen-bond donors (Lipinski definition) is 1. The van der Waals surface area contributed by atoms with Gasteiger partial charge in [0, 0.05) is 50.4 Å². The van der Waals surface area contributed by atoms with Gasteiger partial charge in [-0.1, -0.05) is 38.1 Å². The summed E-state index contributed by atoms with van der Waals surface area (Å²) in [5, 5.41) is 14.9. The van der Waals surface area contributed by atoms with Crippen LogP contribution in [0.2, 0.25) is 0 Å². The number of hydrogen-bond acceptors (Lipinski definition) is 5. The Morgan fingerprint density at radius 3 is 2.94 bits per heavy atom. The molecule has 1 N–H and O–H groups in total. The number of rotatable bonds is 7. The van der Waals surface area contributed by atoms with Crippen LogP contribution >= 0.6 is 0 Å². The number of methoxy groups -OCH3 is 1. The number of fused-ring (bicyclic) bond motifs is 1. The van der Waals surface area contributed by atoms with E-state index in [0.29, 0.717) is 37.8 Å². The summed E-state index contributed by atoms with van der Waals surface area (Å²) in [6.45, 7) is 8.54. The molecule has 7 heteroatoms. The van der Waals surface area contributed by atoms with Crippen molar-refractivity contribution >= 4 is 5.91 Å². The molecule has 1 unspecified atom stereocenters. The largest absolute Gasteiger partial charge is 0.497 e. The van der Waals surface area contributed by atoms with Crippen LogP contribution in [0.3, 0.4) is 0 Å². The number of carbonyl (C=O) groups excluding carboxylic acids is 1. The molecule has 2 aliphatic heterocycles. The predicted molar refractivity (Wildman–Crippen MR) is 128 cm³/mol. The highest BCUT2D eigenvalue weighted by Crippen LogP contribution is 2.26. The fraction of sp³-hybridized carbons (Fsp3) is 0.538. The molecule has 2 aliphatic rings. The zero-order valence-electron chi connectivity index (χ0n) is 20.0. The molecule has 0 spiro atoms. The van der Waals surface area contributed by atoms with Gasteiger partial charge in [-0.2, -0.15) is 5.10 Å². The molecular weight excluding hydrogens is 416 g/mol. The number of carbonyl (C=O) groups is 1. The number of piperidine rings is 1. The van der Waals surface area contributed by atoms with Crippen molar-refractivity contribution in [3.63, 3.8) is 0 Å². The van der Waals surface area contributed by atoms with E-state index in [4.69, 9.17) is 9.84 Å². The second-order valence-electron chi connectivity index (χ2n) is 9.49. The van der Waals surface area contributed by atoms with Crippen LogP contribution in [0.1, 0.15) is 54.0 Å². The molecule has 33 heavy (non-hydrogen) atoms. The van der Waals surface area contributed by atoms with Gasteiger partial charge >= 0.3 is 0 Å². The lowest BCUT2D eigenvalue weighted by Gasteiger charge is -2.30. The van der Waals surface area contributed by atoms with E-state index in [2.05, 4.69) is 37.0 Å². The number of allylic oxidation sites excluding steroid dienone is 1. The highest BCUT2D eigenvalue weighted by atomic mass is 16.5. The van der Waals surface area contributed by atoms with Crippen molar-refractivity contribution in [1.29, 1.82) is 0 Å². The second kappa shape index (κ2) is 10.5. The Morgan fingerprint density at radius 2 is 2.18 bits per heavy atom. The standard InChI is InChI=1S/C26H36N4O3/c1-19(2)7-5-12-28-14-11-24-23(18-28)25(26(32)29-13-6-9-21(31)17-29)27-30(24)16-20-8-4-10-22(15-20)33-3/h4-5,7-8,10,15,19,21,31H,6,9,11-14,16-18H2,1-3H3. The van der Waals surface area contributed by atoms with Crippen LogP contribution in [0.15, 0.2) is 36.4 Å². The van der Waals surface area contributed by atoms with Gasteiger partial charge in [-0.15, -0.1) is 0 Å². The molecule has 1 atom stereocenters. The van der Waals surface area contributed by atoms with E-state index in [-0.39, 0.29) is 5.91 Å². The average molecular weight is 453 g/mol. The Bertz CT molecular complexity index is 997. The summed E-state index contributed by atoms with van der Waals surface area (Å²) >= 11 is 0. The molecule has 1 saturated heterocycles. The smallest absolute Gasteiger partial charge is 0.274 e. The molecule has 0 radical (unpaired) electrons. The zero-order chi connectivity index (χ0) is 23.4. The molecule has 178 valence electrons. The van der Waals surface area contributed by atoms with Gasteiger partial charge in [0.05, 0.1) is 19.8 Å². The van der Waals surface area contributed by atoms with Crippen molar-refractivity contribution in [2.24, 2.45) is 5.92 Å². The van der Waals surface area contributed by atoms with Gasteiger partial charge in [0.15, 0.2) is 5.69 Å². The Balaban J connectivity index is 1.62. The monoisotopic (exact) mass is 452 g/mol. The van der Waals surface area contributed by atoms with Crippen molar-refractivity contribution in [2.75, 3.05) is 33.3 Å². The summed E-state index contributed by atoms with van der Waals surface area (Å²) in [6.07, 6.45) is 6.43. The van der Waals surface area contributed by atoms with Gasteiger partial charge in [0.2, 0.25) is 0 Å². The number of aromatic nitrogens is 2. The number of benzene rings is 1. The number of likely N-dealkylation sites (tertiary alicyclic amines) is 1. The fourth-order valence-electron chi connectivity index (χ4n) is 4.72. The van der Waals surface area contributed by atoms with Crippen LogP contribution in [-0.2, 0) is 19.5 Å². The van der Waals surface area contributed by atoms with Crippen molar-refractivity contribution in [1.82, 2.24) is 19.6 Å². The van der Waals surface area contributed by atoms with Crippen molar-refractivity contribution in [2.45, 2.75) is 52.3 Å². The maximum atomic E-state index is 13.5. The van der Waals surface area contributed by atoms with Crippen LogP contribution < -0.4 is 4.74 Å². The van der Waals surface area contributed by atoms with E-state index in [0.717, 1.165) is 54.9 Å². The molecule has 0 saturated carbocycles. The van der Waals surface area contributed by atoms with E-state index in [1.54, 1.807) is 12.0 Å². The molecule has 1 fully saturated rings. The summed E-state index contributed by atoms with van der Waals surface area (Å²) in [6, 6.07) is 7.99. The fourth-order valence-corrected chi connectivity index (χ4v) is 4.72. The predicted octanol–water partition coefficient (Wildman–Crippen LogP) is 3.11. The molecule has 2 aromatic rings. The molecule has 1 aromatic carbocycles. The Kier molecular flexibility index (Phi) is 7.50. The third-order valence-electron chi connectivity index (χ3n) is 6.45. The molecule has 0 aliphatic carbocycles. The summed E-state index contributed by atoms with van der Waals surface area (Å²) in [5.74, 6) is 1.28. The number of amides is 1. The van der Waals surface area contributed by atoms with Gasteiger partial charge in [0.1, 0.15) is 5.75 Å². The minimum absolute atomic E-state index is 0.0611. The van der Waals surface area contributed by atoms with Gasteiger partial charge < -0.3 is 14.7 Å². The van der Waals surface area contributed by atoms with Crippen LogP contribution in [0.25, 0.3) is 0 Å². The Labute approximate surface area is 196 Å². The van der Waals surface area contributed by atoms with Gasteiger partial charge in [-0.05, 0) is 36.5 Å². The van der Waals surface area contributed by atoms with Gasteiger partial charge in [-0.3, -0.25) is 14.4 Å². The molecule has 0 bridgehead atoms. The molecule has 4 rings (SSSR count). The number of nitrogens with zero attached hydrogens (tertiary/aromatic N) is 4. The highest BCUT2D eigenvalue weighted by Gasteiger charge is 2.32. The second-order valence-corrected chi connectivity index (χ2v) is 9.49. The maximum Gasteiger partial charge on any atom is 0.274 e. The number of aliphatic hydroxyl groups is 1. The summed E-state index contributed by atoms with van der Waals surface area (Å²) in [5.41, 5.74) is 3.81. The lowest BCUT2D eigenvalue weighted by atomic mass is 10.0. The van der Waals surface area contributed by atoms with E-state index in [1.165, 1.54) is 0 Å². The quantitative estimate of drug-likeness (QED) is 0.654. The minimum atomic E-state index is -0.449. The normalized spacial score (nSPS) is 19.3. The van der Waals surface area contributed by atoms with E-state index < -0.39 is 6.10 Å². The van der Waals surface area contributed by atoms with Crippen molar-refractivity contribution in [3.05, 3.63) is 58.9 Å². The topological polar surface area (TPSA) is 70.8 Å². The van der Waals surface area contributed by atoms with Crippen LogP contribution in [0.5, 0.6) is 5.75 Å². The first-order valence-corrected chi connectivity index (χ1v) is 12.0. The van der Waals surface area contributed by atoms with E-state index in [9.17, 15) is 9.90 Å². The van der Waals surface area contributed by atoms with Gasteiger partial charge in [0.25, 0.3) is 5.91 Å². The zero-order valence-corrected chi connectivity index (χ0v) is 20.0. The first-order chi connectivity index (χ1) is 15.9. The number of aliphatic hydroxyl groups excluding tert-OH is 1. The van der Waals surface area contributed by atoms with Gasteiger partial charge in [-0.25, -0.2) is 0 Å². The summed E-state index contributed by atoms with van der Waals surface area (Å²) < 4.78 is 7.38. The highest BCUT2D eigenvalue weighted by molar-refractivity contribution is 5.94. The third kappa shape index (κ3) is 5.65. The third-order valence-corrected chi connectivity index (χ3v) is 6.45. The Morgan fingerprint density at radius 1 is 1.33 bits per heavy atom. The SMILES string of the molecule is COc1cccc(Cn2nc(C(=O)N3CCCC(O)C3)c3c2CCN(CC=CC(C)C)C3)c1. The van der Waals surface area contributed by atoms with Crippen LogP contribution in [0, 0.1) is 5.92 Å². The minimum Gasteiger partial charge on any atom is -0.497 e. The lowest BCUT2D eigenvalue weighted by molar-refractivity contribution is 0.0466. The average Bonchev–Trinajstić information content (AvgIpc) is 3.16.